The van der Waals surface area contributed by atoms with Crippen LogP contribution in [0.2, 0.25) is 0 Å². The second kappa shape index (κ2) is 4.69. The number of nitrogens with zero attached hydrogens (tertiary/aromatic N) is 2. The second-order valence-corrected chi connectivity index (χ2v) is 4.14. The van der Waals surface area contributed by atoms with Crippen molar-refractivity contribution in [2.24, 2.45) is 0 Å². The van der Waals surface area contributed by atoms with Gasteiger partial charge in [0.1, 0.15) is 0 Å². The molecule has 1 aromatic rings. The molecule has 3 nitrogen and oxygen atoms in total. The predicted molar refractivity (Wildman–Crippen MR) is 53.1 cm³/mol. The van der Waals surface area contributed by atoms with Crippen molar-refractivity contribution in [3.63, 3.8) is 0 Å². The van der Waals surface area contributed by atoms with E-state index in [0.29, 0.717) is 0 Å². The molecule has 0 N–H and O–H groups in total. The Labute approximate surface area is 82.3 Å². The normalized spacial score (nSPS) is 19.1. The third-order valence-corrected chi connectivity index (χ3v) is 3.10. The van der Waals surface area contributed by atoms with Crippen molar-refractivity contribution >= 4 is 11.3 Å². The molecule has 13 heavy (non-hydrogen) atoms. The van der Waals surface area contributed by atoms with Crippen molar-refractivity contribution in [2.75, 3.05) is 32.8 Å². The Morgan fingerprint density at radius 3 is 3.00 bits per heavy atom. The van der Waals surface area contributed by atoms with Crippen molar-refractivity contribution in [3.8, 4) is 0 Å². The molecule has 0 spiro atoms. The Balaban J connectivity index is 1.72. The van der Waals surface area contributed by atoms with Crippen LogP contribution in [-0.2, 0) is 11.2 Å². The van der Waals surface area contributed by atoms with Crippen molar-refractivity contribution in [1.29, 1.82) is 0 Å². The highest BCUT2D eigenvalue weighted by Gasteiger charge is 2.09. The van der Waals surface area contributed by atoms with Crippen molar-refractivity contribution in [1.82, 2.24) is 9.88 Å². The fraction of sp³-hybridized carbons (Fsp3) is 0.667. The van der Waals surface area contributed by atoms with Crippen molar-refractivity contribution in [2.45, 2.75) is 6.42 Å². The summed E-state index contributed by atoms with van der Waals surface area (Å²) in [5.41, 5.74) is 1.90. The Bertz CT molecular complexity index is 232. The molecular weight excluding hydrogens is 184 g/mol. The zero-order valence-electron chi connectivity index (χ0n) is 7.61. The zero-order valence-corrected chi connectivity index (χ0v) is 8.42. The zero-order chi connectivity index (χ0) is 8.93. The molecule has 2 heterocycles. The SMILES string of the molecule is c1ncc(CCN2CCOCC2)s1. The van der Waals surface area contributed by atoms with E-state index in [-0.39, 0.29) is 0 Å². The maximum atomic E-state index is 5.29. The van der Waals surface area contributed by atoms with Gasteiger partial charge in [0.15, 0.2) is 0 Å². The van der Waals surface area contributed by atoms with Crippen LogP contribution < -0.4 is 0 Å². The van der Waals surface area contributed by atoms with E-state index in [4.69, 9.17) is 4.74 Å². The molecule has 1 fully saturated rings. The lowest BCUT2D eigenvalue weighted by Crippen LogP contribution is -2.37. The second-order valence-electron chi connectivity index (χ2n) is 3.17. The lowest BCUT2D eigenvalue weighted by Gasteiger charge is -2.26. The van der Waals surface area contributed by atoms with Gasteiger partial charge in [0, 0.05) is 30.7 Å². The average molecular weight is 198 g/mol. The van der Waals surface area contributed by atoms with E-state index >= 15 is 0 Å². The van der Waals surface area contributed by atoms with Gasteiger partial charge in [-0.25, -0.2) is 0 Å². The fourth-order valence-corrected chi connectivity index (χ4v) is 2.05. The summed E-state index contributed by atoms with van der Waals surface area (Å²) in [5, 5.41) is 0. The quantitative estimate of drug-likeness (QED) is 0.725. The monoisotopic (exact) mass is 198 g/mol. The molecule has 0 unspecified atom stereocenters. The van der Waals surface area contributed by atoms with Crippen LogP contribution in [0, 0.1) is 0 Å². The number of hydrogen-bond donors (Lipinski definition) is 0. The van der Waals surface area contributed by atoms with Gasteiger partial charge < -0.3 is 4.74 Å². The molecule has 0 aliphatic carbocycles. The average Bonchev–Trinajstić information content (AvgIpc) is 2.69. The van der Waals surface area contributed by atoms with Gasteiger partial charge in [0.25, 0.3) is 0 Å². The van der Waals surface area contributed by atoms with E-state index in [1.807, 2.05) is 11.7 Å². The minimum absolute atomic E-state index is 0.892. The van der Waals surface area contributed by atoms with E-state index in [1.54, 1.807) is 11.3 Å². The first-order valence-corrected chi connectivity index (χ1v) is 5.50. The largest absolute Gasteiger partial charge is 0.379 e. The smallest absolute Gasteiger partial charge is 0.0794 e. The van der Waals surface area contributed by atoms with Gasteiger partial charge in [0.2, 0.25) is 0 Å². The molecule has 4 heteroatoms. The molecule has 72 valence electrons. The molecule has 1 aliphatic rings. The standard InChI is InChI=1S/C9H14N2OS/c1(9-7-10-8-13-9)2-11-3-5-12-6-4-11/h7-8H,1-6H2. The van der Waals surface area contributed by atoms with Crippen molar-refractivity contribution in [3.05, 3.63) is 16.6 Å². The van der Waals surface area contributed by atoms with E-state index in [1.165, 1.54) is 4.88 Å². The third-order valence-electron chi connectivity index (χ3n) is 2.26. The highest BCUT2D eigenvalue weighted by Crippen LogP contribution is 2.07. The number of hydrogen-bond acceptors (Lipinski definition) is 4. The molecule has 1 saturated heterocycles. The van der Waals surface area contributed by atoms with Crippen LogP contribution in [0.4, 0.5) is 0 Å². The summed E-state index contributed by atoms with van der Waals surface area (Å²) in [6.07, 6.45) is 3.09. The third kappa shape index (κ3) is 2.76. The molecule has 1 aliphatic heterocycles. The topological polar surface area (TPSA) is 25.4 Å². The number of thiazole rings is 1. The number of morpholine rings is 1. The Morgan fingerprint density at radius 2 is 2.31 bits per heavy atom. The van der Waals surface area contributed by atoms with Gasteiger partial charge in [-0.05, 0) is 6.42 Å². The number of aromatic nitrogens is 1. The molecule has 2 rings (SSSR count). The Morgan fingerprint density at radius 1 is 1.46 bits per heavy atom. The lowest BCUT2D eigenvalue weighted by atomic mass is 10.3. The summed E-state index contributed by atoms with van der Waals surface area (Å²) in [6, 6.07) is 0. The van der Waals surface area contributed by atoms with Gasteiger partial charge in [-0.1, -0.05) is 0 Å². The molecular formula is C9H14N2OS. The van der Waals surface area contributed by atoms with Crippen LogP contribution >= 0.6 is 11.3 Å². The molecule has 0 bridgehead atoms. The molecule has 0 saturated carbocycles. The molecule has 0 radical (unpaired) electrons. The minimum atomic E-state index is 0.892. The van der Waals surface area contributed by atoms with E-state index in [2.05, 4.69) is 9.88 Å². The minimum Gasteiger partial charge on any atom is -0.379 e. The maximum absolute atomic E-state index is 5.29. The van der Waals surface area contributed by atoms with E-state index in [0.717, 1.165) is 39.3 Å². The molecule has 0 atom stereocenters. The van der Waals surface area contributed by atoms with E-state index in [9.17, 15) is 0 Å². The first-order valence-electron chi connectivity index (χ1n) is 4.62. The van der Waals surface area contributed by atoms with Gasteiger partial charge in [-0.2, -0.15) is 0 Å². The van der Waals surface area contributed by atoms with Gasteiger partial charge in [-0.3, -0.25) is 9.88 Å². The lowest BCUT2D eigenvalue weighted by molar-refractivity contribution is 0.0385. The van der Waals surface area contributed by atoms with Crippen LogP contribution in [0.3, 0.4) is 0 Å². The highest BCUT2D eigenvalue weighted by molar-refractivity contribution is 7.09. The maximum Gasteiger partial charge on any atom is 0.0794 e. The summed E-state index contributed by atoms with van der Waals surface area (Å²) in [5.74, 6) is 0. The fourth-order valence-electron chi connectivity index (χ4n) is 1.46. The van der Waals surface area contributed by atoms with Crippen LogP contribution in [0.1, 0.15) is 4.88 Å². The molecule has 0 aromatic carbocycles. The first kappa shape index (κ1) is 9.12. The number of ether oxygens (including phenoxy) is 1. The summed E-state index contributed by atoms with van der Waals surface area (Å²) >= 11 is 1.74. The van der Waals surface area contributed by atoms with Crippen LogP contribution in [0.25, 0.3) is 0 Å². The van der Waals surface area contributed by atoms with Crippen molar-refractivity contribution < 1.29 is 4.74 Å². The number of rotatable bonds is 3. The highest BCUT2D eigenvalue weighted by atomic mass is 32.1. The Kier molecular flexibility index (Phi) is 3.29. The molecule has 1 aromatic heterocycles. The predicted octanol–water partition coefficient (Wildman–Crippen LogP) is 1.02. The summed E-state index contributed by atoms with van der Waals surface area (Å²) < 4.78 is 5.29. The van der Waals surface area contributed by atoms with E-state index < -0.39 is 0 Å². The van der Waals surface area contributed by atoms with Crippen LogP contribution in [0.15, 0.2) is 11.7 Å². The van der Waals surface area contributed by atoms with Gasteiger partial charge in [0.05, 0.1) is 18.7 Å². The summed E-state index contributed by atoms with van der Waals surface area (Å²) in [4.78, 5) is 7.89. The summed E-state index contributed by atoms with van der Waals surface area (Å²) in [6.45, 7) is 5.09. The molecule has 0 amide bonds. The first-order chi connectivity index (χ1) is 6.45. The summed E-state index contributed by atoms with van der Waals surface area (Å²) in [7, 11) is 0. The van der Waals surface area contributed by atoms with Gasteiger partial charge in [-0.15, -0.1) is 11.3 Å². The van der Waals surface area contributed by atoms with Gasteiger partial charge >= 0.3 is 0 Å². The van der Waals surface area contributed by atoms with Crippen LogP contribution in [-0.4, -0.2) is 42.7 Å². The van der Waals surface area contributed by atoms with Crippen LogP contribution in [0.5, 0.6) is 0 Å². The Hall–Kier alpha value is -0.450.